The number of nitrogens with one attached hydrogen (secondary N) is 1. The van der Waals surface area contributed by atoms with E-state index in [4.69, 9.17) is 9.05 Å². The molecule has 0 amide bonds. The van der Waals surface area contributed by atoms with E-state index in [9.17, 15) is 9.67 Å². The summed E-state index contributed by atoms with van der Waals surface area (Å²) in [5.74, 6) is 0. The smallest absolute Gasteiger partial charge is 0.361 e. The largest absolute Gasteiger partial charge is 0.377 e. The number of unbranched alkanes of at least 4 members (excludes halogenated alkanes) is 2. The first-order chi connectivity index (χ1) is 7.93. The van der Waals surface area contributed by atoms with E-state index in [-0.39, 0.29) is 0 Å². The van der Waals surface area contributed by atoms with Crippen molar-refractivity contribution in [3.63, 3.8) is 0 Å². The number of rotatable bonds is 10. The van der Waals surface area contributed by atoms with Crippen molar-refractivity contribution in [2.75, 3.05) is 27.3 Å². The normalized spacial score (nSPS) is 15.8. The zero-order chi connectivity index (χ0) is 13.4. The van der Waals surface area contributed by atoms with Crippen LogP contribution < -0.4 is 5.32 Å². The molecule has 104 valence electrons. The molecule has 6 heteroatoms. The Balaban J connectivity index is 3.97. The fourth-order valence-corrected chi connectivity index (χ4v) is 2.88. The molecule has 0 aliphatic carbocycles. The number of hydrogen-bond acceptors (Lipinski definition) is 5. The zero-order valence-electron chi connectivity index (χ0n) is 11.4. The molecule has 0 bridgehead atoms. The molecule has 0 fully saturated rings. The molecular formula is C11H26NO4P. The van der Waals surface area contributed by atoms with Crippen molar-refractivity contribution in [3.8, 4) is 0 Å². The Bertz CT molecular complexity index is 238. The highest BCUT2D eigenvalue weighted by Gasteiger charge is 2.43. The Labute approximate surface area is 104 Å². The van der Waals surface area contributed by atoms with Gasteiger partial charge in [-0.2, -0.15) is 0 Å². The third-order valence-corrected chi connectivity index (χ3v) is 5.17. The molecule has 0 aromatic carbocycles. The van der Waals surface area contributed by atoms with Crippen LogP contribution in [0.5, 0.6) is 0 Å². The quantitative estimate of drug-likeness (QED) is 0.470. The van der Waals surface area contributed by atoms with Gasteiger partial charge in [0.1, 0.15) is 0 Å². The average Bonchev–Trinajstić information content (AvgIpc) is 2.32. The predicted octanol–water partition coefficient (Wildman–Crippen LogP) is 2.35. The monoisotopic (exact) mass is 267 g/mol. The molecule has 2 N–H and O–H groups in total. The topological polar surface area (TPSA) is 67.8 Å². The van der Waals surface area contributed by atoms with Gasteiger partial charge in [-0.25, -0.2) is 0 Å². The Morgan fingerprint density at radius 1 is 1.24 bits per heavy atom. The molecular weight excluding hydrogens is 241 g/mol. The molecule has 1 atom stereocenters. The van der Waals surface area contributed by atoms with Gasteiger partial charge in [0.25, 0.3) is 0 Å². The third kappa shape index (κ3) is 5.49. The van der Waals surface area contributed by atoms with Crippen molar-refractivity contribution in [2.45, 2.75) is 44.9 Å². The summed E-state index contributed by atoms with van der Waals surface area (Å²) in [6, 6.07) is 0. The maximum Gasteiger partial charge on any atom is 0.361 e. The lowest BCUT2D eigenvalue weighted by atomic mass is 10.2. The van der Waals surface area contributed by atoms with Crippen molar-refractivity contribution in [1.82, 2.24) is 5.32 Å². The van der Waals surface area contributed by atoms with Gasteiger partial charge in [-0.05, 0) is 32.9 Å². The maximum atomic E-state index is 12.0. The summed E-state index contributed by atoms with van der Waals surface area (Å²) < 4.78 is 21.6. The van der Waals surface area contributed by atoms with Gasteiger partial charge < -0.3 is 19.5 Å². The minimum atomic E-state index is -3.43. The molecule has 0 rings (SSSR count). The second-order valence-electron chi connectivity index (χ2n) is 4.29. The summed E-state index contributed by atoms with van der Waals surface area (Å²) in [7, 11) is -0.860. The highest BCUT2D eigenvalue weighted by molar-refractivity contribution is 7.55. The molecule has 0 saturated carbocycles. The Morgan fingerprint density at radius 3 is 2.29 bits per heavy atom. The van der Waals surface area contributed by atoms with Crippen molar-refractivity contribution in [3.05, 3.63) is 0 Å². The van der Waals surface area contributed by atoms with Gasteiger partial charge in [0, 0.05) is 14.2 Å². The molecule has 0 aromatic rings. The molecule has 0 aliphatic rings. The summed E-state index contributed by atoms with van der Waals surface area (Å²) in [6.45, 7) is 5.13. The standard InChI is InChI=1S/C11H26NO4P/c1-5-6-7-9-12-10-8-11(2,13)17(14,15-3)16-4/h12-13H,5-10H2,1-4H3. The van der Waals surface area contributed by atoms with Gasteiger partial charge in [0.2, 0.25) is 0 Å². The van der Waals surface area contributed by atoms with Gasteiger partial charge in [0.05, 0.1) is 0 Å². The Kier molecular flexibility index (Phi) is 8.25. The van der Waals surface area contributed by atoms with Crippen molar-refractivity contribution >= 4 is 7.60 Å². The Morgan fingerprint density at radius 2 is 1.82 bits per heavy atom. The fourth-order valence-electron chi connectivity index (χ4n) is 1.55. The van der Waals surface area contributed by atoms with Crippen molar-refractivity contribution in [1.29, 1.82) is 0 Å². The molecule has 5 nitrogen and oxygen atoms in total. The van der Waals surface area contributed by atoms with Gasteiger partial charge in [-0.3, -0.25) is 4.57 Å². The minimum absolute atomic E-state index is 0.331. The molecule has 0 heterocycles. The SMILES string of the molecule is CCCCCNCCC(C)(O)P(=O)(OC)OC. The fraction of sp³-hybridized carbons (Fsp3) is 1.00. The molecule has 1 unspecified atom stereocenters. The van der Waals surface area contributed by atoms with Crippen LogP contribution in [0.4, 0.5) is 0 Å². The van der Waals surface area contributed by atoms with Gasteiger partial charge in [0.15, 0.2) is 5.34 Å². The van der Waals surface area contributed by atoms with E-state index in [1.807, 2.05) is 0 Å². The maximum absolute atomic E-state index is 12.0. The van der Waals surface area contributed by atoms with Crippen LogP contribution in [-0.2, 0) is 13.6 Å². The van der Waals surface area contributed by atoms with Crippen LogP contribution in [0, 0.1) is 0 Å². The second kappa shape index (κ2) is 8.22. The van der Waals surface area contributed by atoms with E-state index < -0.39 is 12.9 Å². The van der Waals surface area contributed by atoms with E-state index >= 15 is 0 Å². The predicted molar refractivity (Wildman–Crippen MR) is 69.3 cm³/mol. The zero-order valence-corrected chi connectivity index (χ0v) is 12.3. The van der Waals surface area contributed by atoms with Crippen LogP contribution in [-0.4, -0.2) is 37.8 Å². The summed E-state index contributed by atoms with van der Waals surface area (Å²) in [4.78, 5) is 0. The molecule has 0 aromatic heterocycles. The summed E-state index contributed by atoms with van der Waals surface area (Å²) in [6.07, 6.45) is 3.82. The first-order valence-electron chi connectivity index (χ1n) is 6.08. The van der Waals surface area contributed by atoms with E-state index in [2.05, 4.69) is 12.2 Å². The molecule has 0 spiro atoms. The molecule has 0 aliphatic heterocycles. The summed E-state index contributed by atoms with van der Waals surface area (Å²) >= 11 is 0. The average molecular weight is 267 g/mol. The van der Waals surface area contributed by atoms with Gasteiger partial charge in [-0.1, -0.05) is 19.8 Å². The number of aliphatic hydroxyl groups is 1. The second-order valence-corrected chi connectivity index (χ2v) is 6.98. The Hall–Kier alpha value is 0.0700. The van der Waals surface area contributed by atoms with Gasteiger partial charge in [-0.15, -0.1) is 0 Å². The number of hydrogen-bond donors (Lipinski definition) is 2. The lowest BCUT2D eigenvalue weighted by molar-refractivity contribution is 0.0867. The minimum Gasteiger partial charge on any atom is -0.377 e. The lowest BCUT2D eigenvalue weighted by Crippen LogP contribution is -2.31. The highest BCUT2D eigenvalue weighted by atomic mass is 31.2. The van der Waals surface area contributed by atoms with Crippen LogP contribution in [0.2, 0.25) is 0 Å². The van der Waals surface area contributed by atoms with E-state index in [0.29, 0.717) is 13.0 Å². The summed E-state index contributed by atoms with van der Waals surface area (Å²) in [5, 5.41) is 11.8. The summed E-state index contributed by atoms with van der Waals surface area (Å²) in [5.41, 5.74) is 0. The highest BCUT2D eigenvalue weighted by Crippen LogP contribution is 2.58. The van der Waals surface area contributed by atoms with Crippen molar-refractivity contribution < 1.29 is 18.7 Å². The van der Waals surface area contributed by atoms with E-state index in [1.54, 1.807) is 0 Å². The third-order valence-electron chi connectivity index (χ3n) is 2.80. The van der Waals surface area contributed by atoms with Crippen LogP contribution in [0.25, 0.3) is 0 Å². The van der Waals surface area contributed by atoms with Crippen LogP contribution >= 0.6 is 7.60 Å². The molecule has 0 radical (unpaired) electrons. The first-order valence-corrected chi connectivity index (χ1v) is 7.62. The molecule has 17 heavy (non-hydrogen) atoms. The first kappa shape index (κ1) is 17.1. The van der Waals surface area contributed by atoms with Crippen molar-refractivity contribution in [2.24, 2.45) is 0 Å². The van der Waals surface area contributed by atoms with Gasteiger partial charge >= 0.3 is 7.60 Å². The van der Waals surface area contributed by atoms with E-state index in [0.717, 1.165) is 13.0 Å². The van der Waals surface area contributed by atoms with Crippen LogP contribution in [0.15, 0.2) is 0 Å². The van der Waals surface area contributed by atoms with Crippen LogP contribution in [0.3, 0.4) is 0 Å². The van der Waals surface area contributed by atoms with E-state index in [1.165, 1.54) is 34.0 Å². The van der Waals surface area contributed by atoms with Crippen LogP contribution in [0.1, 0.15) is 39.5 Å². The molecule has 0 saturated heterocycles. The lowest BCUT2D eigenvalue weighted by Gasteiger charge is -2.29.